The van der Waals surface area contributed by atoms with Crippen LogP contribution in [0.1, 0.15) is 16.7 Å². The molecule has 0 saturated carbocycles. The van der Waals surface area contributed by atoms with E-state index in [2.05, 4.69) is 26.7 Å². The second kappa shape index (κ2) is 5.64. The smallest absolute Gasteiger partial charge is 0.136 e. The van der Waals surface area contributed by atoms with Crippen molar-refractivity contribution in [2.45, 2.75) is 6.04 Å². The zero-order valence-electron chi connectivity index (χ0n) is 10.8. The summed E-state index contributed by atoms with van der Waals surface area (Å²) in [5, 5.41) is 6.13. The molecular weight excluding hydrogens is 292 g/mol. The number of aryl methyl sites for hydroxylation is 1. The van der Waals surface area contributed by atoms with Crippen LogP contribution >= 0.6 is 22.9 Å². The first-order chi connectivity index (χ1) is 9.75. The van der Waals surface area contributed by atoms with Gasteiger partial charge in [-0.25, -0.2) is 4.98 Å². The molecule has 0 radical (unpaired) electrons. The largest absolute Gasteiger partial charge is 0.368 e. The molecule has 4 nitrogen and oxygen atoms in total. The fourth-order valence-corrected chi connectivity index (χ4v) is 2.94. The fraction of sp³-hybridized carbons (Fsp3) is 0.143. The Morgan fingerprint density at radius 2 is 2.25 bits per heavy atom. The van der Waals surface area contributed by atoms with Gasteiger partial charge in [0, 0.05) is 30.5 Å². The van der Waals surface area contributed by atoms with Crippen molar-refractivity contribution < 1.29 is 0 Å². The number of hydrogen-bond donors (Lipinski definition) is 1. The third kappa shape index (κ3) is 2.55. The summed E-state index contributed by atoms with van der Waals surface area (Å²) >= 11 is 7.89. The standard InChI is InChI=1S/C14H13ClN4S/c1-19-7-6-17-14(19)13(12-3-2-8-20-12)18-11-9-16-5-4-10(11)15/h2-9,13,18H,1H3. The summed E-state index contributed by atoms with van der Waals surface area (Å²) in [7, 11) is 1.98. The van der Waals surface area contributed by atoms with Gasteiger partial charge in [0.25, 0.3) is 0 Å². The third-order valence-electron chi connectivity index (χ3n) is 3.01. The van der Waals surface area contributed by atoms with E-state index in [9.17, 15) is 0 Å². The Balaban J connectivity index is 1.99. The highest BCUT2D eigenvalue weighted by molar-refractivity contribution is 7.10. The van der Waals surface area contributed by atoms with Crippen molar-refractivity contribution >= 4 is 28.6 Å². The van der Waals surface area contributed by atoms with E-state index >= 15 is 0 Å². The highest BCUT2D eigenvalue weighted by atomic mass is 35.5. The van der Waals surface area contributed by atoms with Gasteiger partial charge in [0.05, 0.1) is 16.9 Å². The molecule has 0 bridgehead atoms. The molecule has 1 unspecified atom stereocenters. The highest BCUT2D eigenvalue weighted by Gasteiger charge is 2.20. The van der Waals surface area contributed by atoms with E-state index in [1.807, 2.05) is 23.9 Å². The SMILES string of the molecule is Cn1ccnc1C(Nc1cnccc1Cl)c1cccs1. The fourth-order valence-electron chi connectivity index (χ4n) is 2.01. The van der Waals surface area contributed by atoms with Gasteiger partial charge in [0.15, 0.2) is 0 Å². The maximum Gasteiger partial charge on any atom is 0.136 e. The van der Waals surface area contributed by atoms with Crippen molar-refractivity contribution in [3.63, 3.8) is 0 Å². The maximum absolute atomic E-state index is 6.20. The molecule has 3 aromatic rings. The number of nitrogens with zero attached hydrogens (tertiary/aromatic N) is 3. The molecule has 0 fully saturated rings. The molecule has 1 atom stereocenters. The second-order valence-corrected chi connectivity index (χ2v) is 5.73. The quantitative estimate of drug-likeness (QED) is 0.798. The van der Waals surface area contributed by atoms with E-state index in [1.54, 1.807) is 36.0 Å². The Labute approximate surface area is 126 Å². The van der Waals surface area contributed by atoms with Crippen LogP contribution in [0.3, 0.4) is 0 Å². The van der Waals surface area contributed by atoms with E-state index in [1.165, 1.54) is 4.88 Å². The lowest BCUT2D eigenvalue weighted by Crippen LogP contribution is -2.16. The molecule has 0 aromatic carbocycles. The molecule has 102 valence electrons. The van der Waals surface area contributed by atoms with Crippen molar-refractivity contribution in [1.29, 1.82) is 0 Å². The monoisotopic (exact) mass is 304 g/mol. The molecule has 3 aromatic heterocycles. The van der Waals surface area contributed by atoms with Crippen LogP contribution < -0.4 is 5.32 Å². The summed E-state index contributed by atoms with van der Waals surface area (Å²) < 4.78 is 2.00. The van der Waals surface area contributed by atoms with Crippen LogP contribution in [-0.2, 0) is 7.05 Å². The number of thiophene rings is 1. The lowest BCUT2D eigenvalue weighted by atomic mass is 10.2. The first-order valence-electron chi connectivity index (χ1n) is 6.12. The Bertz CT molecular complexity index is 693. The van der Waals surface area contributed by atoms with Crippen LogP contribution in [0.5, 0.6) is 0 Å². The van der Waals surface area contributed by atoms with E-state index in [4.69, 9.17) is 11.6 Å². The van der Waals surface area contributed by atoms with Crippen LogP contribution in [0.25, 0.3) is 0 Å². The average Bonchev–Trinajstić information content (AvgIpc) is 3.10. The molecule has 0 saturated heterocycles. The second-order valence-electron chi connectivity index (χ2n) is 4.34. The number of nitrogens with one attached hydrogen (secondary N) is 1. The molecule has 0 aliphatic carbocycles. The number of rotatable bonds is 4. The van der Waals surface area contributed by atoms with Gasteiger partial charge in [-0.1, -0.05) is 17.7 Å². The summed E-state index contributed by atoms with van der Waals surface area (Å²) in [5.41, 5.74) is 0.801. The first-order valence-corrected chi connectivity index (χ1v) is 7.38. The zero-order valence-corrected chi connectivity index (χ0v) is 12.4. The Morgan fingerprint density at radius 1 is 1.35 bits per heavy atom. The Morgan fingerprint density at radius 3 is 2.90 bits per heavy atom. The van der Waals surface area contributed by atoms with Crippen molar-refractivity contribution in [2.75, 3.05) is 5.32 Å². The molecule has 1 N–H and O–H groups in total. The summed E-state index contributed by atoms with van der Waals surface area (Å²) in [6.07, 6.45) is 7.13. The predicted molar refractivity (Wildman–Crippen MR) is 82.2 cm³/mol. The van der Waals surface area contributed by atoms with Gasteiger partial charge < -0.3 is 9.88 Å². The number of halogens is 1. The van der Waals surface area contributed by atoms with Gasteiger partial charge in [-0.2, -0.15) is 0 Å². The molecule has 0 aliphatic heterocycles. The highest BCUT2D eigenvalue weighted by Crippen LogP contribution is 2.31. The lowest BCUT2D eigenvalue weighted by molar-refractivity contribution is 0.756. The van der Waals surface area contributed by atoms with Crippen LogP contribution in [-0.4, -0.2) is 14.5 Å². The maximum atomic E-state index is 6.20. The number of imidazole rings is 1. The third-order valence-corrected chi connectivity index (χ3v) is 4.28. The van der Waals surface area contributed by atoms with Gasteiger partial charge in [-0.05, 0) is 17.5 Å². The summed E-state index contributed by atoms with van der Waals surface area (Å²) in [5.74, 6) is 0.937. The molecule has 3 heterocycles. The minimum atomic E-state index is -0.0447. The normalized spacial score (nSPS) is 12.3. The van der Waals surface area contributed by atoms with Crippen LogP contribution in [0.2, 0.25) is 5.02 Å². The van der Waals surface area contributed by atoms with E-state index < -0.39 is 0 Å². The molecule has 0 aliphatic rings. The van der Waals surface area contributed by atoms with Crippen molar-refractivity contribution in [1.82, 2.24) is 14.5 Å². The minimum Gasteiger partial charge on any atom is -0.368 e. The molecule has 0 amide bonds. The molecule has 3 rings (SSSR count). The Hall–Kier alpha value is -1.85. The predicted octanol–water partition coefficient (Wildman–Crippen LogP) is 3.73. The minimum absolute atomic E-state index is 0.0447. The summed E-state index contributed by atoms with van der Waals surface area (Å²) in [4.78, 5) is 9.73. The van der Waals surface area contributed by atoms with Gasteiger partial charge in [0.2, 0.25) is 0 Å². The van der Waals surface area contributed by atoms with E-state index in [0.717, 1.165) is 11.5 Å². The summed E-state index contributed by atoms with van der Waals surface area (Å²) in [6.45, 7) is 0. The van der Waals surface area contributed by atoms with Crippen LogP contribution in [0.15, 0.2) is 48.4 Å². The average molecular weight is 305 g/mol. The number of aromatic nitrogens is 3. The van der Waals surface area contributed by atoms with Gasteiger partial charge in [0.1, 0.15) is 11.9 Å². The van der Waals surface area contributed by atoms with E-state index in [0.29, 0.717) is 5.02 Å². The first kappa shape index (κ1) is 13.1. The molecule has 0 spiro atoms. The number of anilines is 1. The molecule has 20 heavy (non-hydrogen) atoms. The van der Waals surface area contributed by atoms with Crippen molar-refractivity contribution in [3.05, 3.63) is 64.1 Å². The van der Waals surface area contributed by atoms with E-state index in [-0.39, 0.29) is 6.04 Å². The van der Waals surface area contributed by atoms with Gasteiger partial charge in [-0.3, -0.25) is 4.98 Å². The van der Waals surface area contributed by atoms with Gasteiger partial charge in [-0.15, -0.1) is 11.3 Å². The topological polar surface area (TPSA) is 42.7 Å². The Kier molecular flexibility index (Phi) is 3.71. The number of pyridine rings is 1. The zero-order chi connectivity index (χ0) is 13.9. The molecule has 6 heteroatoms. The van der Waals surface area contributed by atoms with Crippen molar-refractivity contribution in [3.8, 4) is 0 Å². The number of hydrogen-bond acceptors (Lipinski definition) is 4. The lowest BCUT2D eigenvalue weighted by Gasteiger charge is -2.19. The van der Waals surface area contributed by atoms with Crippen LogP contribution in [0.4, 0.5) is 5.69 Å². The van der Waals surface area contributed by atoms with Crippen LogP contribution in [0, 0.1) is 0 Å². The van der Waals surface area contributed by atoms with Crippen molar-refractivity contribution in [2.24, 2.45) is 7.05 Å². The van der Waals surface area contributed by atoms with Gasteiger partial charge >= 0.3 is 0 Å². The molecular formula is C14H13ClN4S. The summed E-state index contributed by atoms with van der Waals surface area (Å²) in [6, 6.07) is 5.84.